The summed E-state index contributed by atoms with van der Waals surface area (Å²) in [5.41, 5.74) is 0. The summed E-state index contributed by atoms with van der Waals surface area (Å²) in [5.74, 6) is 0.884. The molecule has 0 aliphatic rings. The van der Waals surface area contributed by atoms with E-state index in [0.717, 1.165) is 12.5 Å². The van der Waals surface area contributed by atoms with E-state index in [9.17, 15) is 0 Å². The number of nitrogens with zero attached hydrogens (tertiary/aromatic N) is 1. The summed E-state index contributed by atoms with van der Waals surface area (Å²) in [6, 6.07) is 0. The van der Waals surface area contributed by atoms with Crippen LogP contribution in [0, 0.1) is 5.92 Å². The largest absolute Gasteiger partial charge is 0.310 e. The molecule has 0 rings (SSSR count). The normalized spacial score (nSPS) is 8.73. The second-order valence-corrected chi connectivity index (χ2v) is 3.20. The molecule has 0 aromatic rings. The Labute approximate surface area is 73.8 Å². The Hall–Kier alpha value is -0.0400. The minimum absolute atomic E-state index is 0. The lowest BCUT2D eigenvalue weighted by Gasteiger charge is -2.00. The van der Waals surface area contributed by atoms with Crippen LogP contribution in [0.2, 0.25) is 0 Å². The molecule has 0 aromatic carbocycles. The van der Waals surface area contributed by atoms with Gasteiger partial charge in [-0.3, -0.25) is 0 Å². The van der Waals surface area contributed by atoms with Gasteiger partial charge in [0.1, 0.15) is 0 Å². The molecular formula is C10H27N. The second kappa shape index (κ2) is 12.6. The lowest BCUT2D eigenvalue weighted by Crippen LogP contribution is -2.08. The van der Waals surface area contributed by atoms with Crippen LogP contribution in [0.4, 0.5) is 0 Å². The standard InChI is InChI=1S/C5H12.C4H11N.CH4/c2*1-4-5(2)3;/h5H,4H2,1-3H3;4H2,1-3H3;1H4. The van der Waals surface area contributed by atoms with E-state index in [1.807, 2.05) is 0 Å². The highest BCUT2D eigenvalue weighted by atomic mass is 15.0. The van der Waals surface area contributed by atoms with Gasteiger partial charge in [-0.15, -0.1) is 0 Å². The molecule has 0 N–H and O–H groups in total. The monoisotopic (exact) mass is 161 g/mol. The molecule has 0 spiro atoms. The maximum atomic E-state index is 2.22. The van der Waals surface area contributed by atoms with E-state index >= 15 is 0 Å². The van der Waals surface area contributed by atoms with Crippen LogP contribution < -0.4 is 0 Å². The molecule has 0 atom stereocenters. The Bertz CT molecular complexity index is 40.8. The van der Waals surface area contributed by atoms with Gasteiger partial charge in [0.15, 0.2) is 0 Å². The van der Waals surface area contributed by atoms with E-state index in [2.05, 4.69) is 46.7 Å². The van der Waals surface area contributed by atoms with Gasteiger partial charge in [-0.05, 0) is 26.6 Å². The first kappa shape index (κ1) is 17.2. The highest BCUT2D eigenvalue weighted by molar-refractivity contribution is 4.32. The van der Waals surface area contributed by atoms with Crippen LogP contribution >= 0.6 is 0 Å². The van der Waals surface area contributed by atoms with Gasteiger partial charge < -0.3 is 4.90 Å². The summed E-state index contributed by atoms with van der Waals surface area (Å²) in [5, 5.41) is 0. The average Bonchev–Trinajstić information content (AvgIpc) is 1.89. The molecule has 1 nitrogen and oxygen atoms in total. The van der Waals surface area contributed by atoms with Crippen molar-refractivity contribution in [2.24, 2.45) is 5.92 Å². The fourth-order valence-electron chi connectivity index (χ4n) is 0. The van der Waals surface area contributed by atoms with Gasteiger partial charge in [-0.25, -0.2) is 0 Å². The molecule has 0 saturated heterocycles. The highest BCUT2D eigenvalue weighted by Crippen LogP contribution is 1.93. The maximum Gasteiger partial charge on any atom is -0.00533 e. The molecule has 11 heavy (non-hydrogen) atoms. The molecule has 0 fully saturated rings. The van der Waals surface area contributed by atoms with E-state index in [4.69, 9.17) is 0 Å². The summed E-state index contributed by atoms with van der Waals surface area (Å²) in [4.78, 5) is 2.12. The van der Waals surface area contributed by atoms with Crippen LogP contribution in [0.5, 0.6) is 0 Å². The van der Waals surface area contributed by atoms with E-state index in [0.29, 0.717) is 0 Å². The van der Waals surface area contributed by atoms with Gasteiger partial charge in [0.2, 0.25) is 0 Å². The first-order valence-corrected chi connectivity index (χ1v) is 4.19. The third-order valence-electron chi connectivity index (χ3n) is 1.45. The molecular weight excluding hydrogens is 134 g/mol. The summed E-state index contributed by atoms with van der Waals surface area (Å²) < 4.78 is 0. The molecule has 0 unspecified atom stereocenters. The Morgan fingerprint density at radius 3 is 1.27 bits per heavy atom. The molecule has 0 aliphatic heterocycles. The van der Waals surface area contributed by atoms with Crippen molar-refractivity contribution >= 4 is 0 Å². The van der Waals surface area contributed by atoms with Gasteiger partial charge in [-0.2, -0.15) is 0 Å². The zero-order valence-corrected chi connectivity index (χ0v) is 8.44. The number of rotatable bonds is 2. The summed E-state index contributed by atoms with van der Waals surface area (Å²) in [6.07, 6.45) is 1.31. The number of hydrogen-bond acceptors (Lipinski definition) is 1. The Balaban J connectivity index is -0.000000107. The Kier molecular flexibility index (Phi) is 19.7. The smallest absolute Gasteiger partial charge is 0.00533 e. The minimum atomic E-state index is 0. The SMILES string of the molecule is C.CCC(C)C.CCN(C)C. The van der Waals surface area contributed by atoms with Crippen molar-refractivity contribution in [3.8, 4) is 0 Å². The van der Waals surface area contributed by atoms with Crippen molar-refractivity contribution in [3.63, 3.8) is 0 Å². The molecule has 0 amide bonds. The van der Waals surface area contributed by atoms with Crippen LogP contribution in [-0.2, 0) is 0 Å². The van der Waals surface area contributed by atoms with Crippen LogP contribution in [0.15, 0.2) is 0 Å². The fourth-order valence-corrected chi connectivity index (χ4v) is 0. The molecule has 0 heterocycles. The first-order chi connectivity index (χ1) is 4.54. The van der Waals surface area contributed by atoms with E-state index in [-0.39, 0.29) is 7.43 Å². The van der Waals surface area contributed by atoms with Crippen LogP contribution in [0.25, 0.3) is 0 Å². The van der Waals surface area contributed by atoms with Crippen molar-refractivity contribution in [1.82, 2.24) is 4.90 Å². The number of hydrogen-bond donors (Lipinski definition) is 0. The van der Waals surface area contributed by atoms with E-state index < -0.39 is 0 Å². The minimum Gasteiger partial charge on any atom is -0.310 e. The highest BCUT2D eigenvalue weighted by Gasteiger charge is 1.80. The van der Waals surface area contributed by atoms with Gasteiger partial charge in [0, 0.05) is 0 Å². The summed E-state index contributed by atoms with van der Waals surface area (Å²) in [7, 11) is 4.11. The molecule has 0 aromatic heterocycles. The molecule has 0 aliphatic carbocycles. The maximum absolute atomic E-state index is 2.22. The predicted octanol–water partition coefficient (Wildman–Crippen LogP) is 3.26. The Morgan fingerprint density at radius 2 is 1.27 bits per heavy atom. The average molecular weight is 161 g/mol. The van der Waals surface area contributed by atoms with Crippen molar-refractivity contribution in [1.29, 1.82) is 0 Å². The lowest BCUT2D eigenvalue weighted by atomic mass is 10.2. The molecule has 0 radical (unpaired) electrons. The van der Waals surface area contributed by atoms with E-state index in [1.54, 1.807) is 0 Å². The van der Waals surface area contributed by atoms with Gasteiger partial charge in [0.25, 0.3) is 0 Å². The van der Waals surface area contributed by atoms with Crippen LogP contribution in [-0.4, -0.2) is 25.5 Å². The zero-order chi connectivity index (χ0) is 8.57. The second-order valence-electron chi connectivity index (χ2n) is 3.20. The quantitative estimate of drug-likeness (QED) is 0.601. The van der Waals surface area contributed by atoms with Crippen LogP contribution in [0.3, 0.4) is 0 Å². The lowest BCUT2D eigenvalue weighted by molar-refractivity contribution is 0.434. The third-order valence-corrected chi connectivity index (χ3v) is 1.45. The molecule has 1 heteroatoms. The molecule has 0 bridgehead atoms. The van der Waals surface area contributed by atoms with Gasteiger partial charge in [0.05, 0.1) is 0 Å². The first-order valence-electron chi connectivity index (χ1n) is 4.19. The molecule has 72 valence electrons. The van der Waals surface area contributed by atoms with Crippen LogP contribution in [0.1, 0.15) is 41.5 Å². The summed E-state index contributed by atoms with van der Waals surface area (Å²) in [6.45, 7) is 9.91. The zero-order valence-electron chi connectivity index (χ0n) is 8.44. The van der Waals surface area contributed by atoms with Gasteiger partial charge in [-0.1, -0.05) is 41.5 Å². The van der Waals surface area contributed by atoms with Crippen molar-refractivity contribution in [2.75, 3.05) is 20.6 Å². The predicted molar refractivity (Wildman–Crippen MR) is 56.1 cm³/mol. The van der Waals surface area contributed by atoms with Crippen molar-refractivity contribution < 1.29 is 0 Å². The third kappa shape index (κ3) is 40.2. The van der Waals surface area contributed by atoms with E-state index in [1.165, 1.54) is 6.42 Å². The topological polar surface area (TPSA) is 3.24 Å². The summed E-state index contributed by atoms with van der Waals surface area (Å²) >= 11 is 0. The fraction of sp³-hybridized carbons (Fsp3) is 1.00. The molecule has 0 saturated carbocycles. The van der Waals surface area contributed by atoms with Crippen molar-refractivity contribution in [3.05, 3.63) is 0 Å². The Morgan fingerprint density at radius 1 is 1.09 bits per heavy atom. The van der Waals surface area contributed by atoms with Crippen molar-refractivity contribution in [2.45, 2.75) is 41.5 Å². The van der Waals surface area contributed by atoms with Gasteiger partial charge >= 0.3 is 0 Å².